The molecule has 7 heteroatoms. The molecule has 122 valence electrons. The van der Waals surface area contributed by atoms with Crippen LogP contribution in [0.3, 0.4) is 0 Å². The van der Waals surface area contributed by atoms with Gasteiger partial charge in [0.15, 0.2) is 5.75 Å². The number of phenolic OH excluding ortho intramolecular Hbond substituents is 1. The van der Waals surface area contributed by atoms with Crippen LogP contribution in [-0.2, 0) is 11.2 Å². The Bertz CT molecular complexity index is 515. The molecule has 1 aliphatic heterocycles. The van der Waals surface area contributed by atoms with Crippen molar-refractivity contribution in [2.75, 3.05) is 39.5 Å². The molecule has 1 heterocycles. The lowest BCUT2D eigenvalue weighted by Crippen LogP contribution is -2.36. The highest BCUT2D eigenvalue weighted by molar-refractivity contribution is 5.57. The molecule has 0 saturated carbocycles. The molecule has 1 aliphatic rings. The minimum absolute atomic E-state index is 0.179. The summed E-state index contributed by atoms with van der Waals surface area (Å²) in [6.07, 6.45) is 1.60. The third kappa shape index (κ3) is 4.32. The summed E-state index contributed by atoms with van der Waals surface area (Å²) in [4.78, 5) is 12.8. The van der Waals surface area contributed by atoms with E-state index < -0.39 is 10.7 Å². The van der Waals surface area contributed by atoms with E-state index in [-0.39, 0.29) is 11.4 Å². The number of aryl methyl sites for hydroxylation is 1. The van der Waals surface area contributed by atoms with Gasteiger partial charge in [0, 0.05) is 19.2 Å². The number of phenols is 1. The van der Waals surface area contributed by atoms with E-state index in [2.05, 4.69) is 4.90 Å². The van der Waals surface area contributed by atoms with Crippen LogP contribution in [0.25, 0.3) is 0 Å². The average molecular weight is 310 g/mol. The number of rotatable bonds is 7. The van der Waals surface area contributed by atoms with E-state index in [1.54, 1.807) is 13.0 Å². The van der Waals surface area contributed by atoms with Gasteiger partial charge in [-0.25, -0.2) is 0 Å². The lowest BCUT2D eigenvalue weighted by molar-refractivity contribution is -0.386. The van der Waals surface area contributed by atoms with Crippen LogP contribution < -0.4 is 4.74 Å². The van der Waals surface area contributed by atoms with Gasteiger partial charge in [0.25, 0.3) is 0 Å². The molecule has 0 atom stereocenters. The Balaban J connectivity index is 2.01. The van der Waals surface area contributed by atoms with Crippen LogP contribution in [0, 0.1) is 10.1 Å². The highest BCUT2D eigenvalue weighted by atomic mass is 16.6. The number of nitro benzene ring substituents is 1. The van der Waals surface area contributed by atoms with E-state index in [1.807, 2.05) is 0 Å². The Hall–Kier alpha value is -1.86. The largest absolute Gasteiger partial charge is 0.500 e. The topological polar surface area (TPSA) is 85.1 Å². The van der Waals surface area contributed by atoms with Gasteiger partial charge in [0.2, 0.25) is 5.75 Å². The third-order valence-electron chi connectivity index (χ3n) is 3.65. The Morgan fingerprint density at radius 3 is 2.77 bits per heavy atom. The quantitative estimate of drug-likeness (QED) is 0.612. The molecular formula is C15H22N2O5. The zero-order valence-corrected chi connectivity index (χ0v) is 12.8. The van der Waals surface area contributed by atoms with E-state index in [9.17, 15) is 15.2 Å². The summed E-state index contributed by atoms with van der Waals surface area (Å²) >= 11 is 0. The van der Waals surface area contributed by atoms with Gasteiger partial charge in [-0.05, 0) is 37.9 Å². The van der Waals surface area contributed by atoms with Crippen molar-refractivity contribution >= 4 is 5.69 Å². The number of ether oxygens (including phenoxy) is 2. The van der Waals surface area contributed by atoms with Crippen LogP contribution in [0.1, 0.15) is 18.9 Å². The summed E-state index contributed by atoms with van der Waals surface area (Å²) in [6.45, 7) is 6.44. The van der Waals surface area contributed by atoms with Crippen LogP contribution >= 0.6 is 0 Å². The molecule has 1 aromatic carbocycles. The van der Waals surface area contributed by atoms with Gasteiger partial charge in [-0.1, -0.05) is 0 Å². The first-order chi connectivity index (χ1) is 10.6. The Morgan fingerprint density at radius 2 is 2.14 bits per heavy atom. The predicted octanol–water partition coefficient (Wildman–Crippen LogP) is 1.96. The monoisotopic (exact) mass is 310 g/mol. The fraction of sp³-hybridized carbons (Fsp3) is 0.600. The van der Waals surface area contributed by atoms with Crippen molar-refractivity contribution in [1.29, 1.82) is 0 Å². The molecule has 2 rings (SSSR count). The highest BCUT2D eigenvalue weighted by Crippen LogP contribution is 2.37. The number of nitrogens with zero attached hydrogens (tertiary/aromatic N) is 2. The molecule has 7 nitrogen and oxygen atoms in total. The van der Waals surface area contributed by atoms with E-state index in [0.717, 1.165) is 44.8 Å². The summed E-state index contributed by atoms with van der Waals surface area (Å²) in [6, 6.07) is 3.11. The van der Waals surface area contributed by atoms with Crippen molar-refractivity contribution in [3.05, 3.63) is 27.8 Å². The van der Waals surface area contributed by atoms with Crippen molar-refractivity contribution in [2.45, 2.75) is 19.8 Å². The molecule has 1 fully saturated rings. The molecule has 22 heavy (non-hydrogen) atoms. The van der Waals surface area contributed by atoms with Gasteiger partial charge < -0.3 is 14.6 Å². The van der Waals surface area contributed by atoms with Crippen LogP contribution in [-0.4, -0.2) is 54.4 Å². The fourth-order valence-electron chi connectivity index (χ4n) is 2.53. The van der Waals surface area contributed by atoms with Gasteiger partial charge in [0.05, 0.1) is 24.7 Å². The summed E-state index contributed by atoms with van der Waals surface area (Å²) in [7, 11) is 0. The van der Waals surface area contributed by atoms with E-state index in [1.165, 1.54) is 6.07 Å². The standard InChI is InChI=1S/C15H22N2O5/c1-2-22-14-11-12(10-13(15(14)18)17(19)20)4-3-5-16-6-8-21-9-7-16/h10-11,18H,2-9H2,1H3. The van der Waals surface area contributed by atoms with Crippen LogP contribution in [0.2, 0.25) is 0 Å². The Morgan fingerprint density at radius 1 is 1.41 bits per heavy atom. The second kappa shape index (κ2) is 7.95. The molecular weight excluding hydrogens is 288 g/mol. The van der Waals surface area contributed by atoms with Crippen molar-refractivity contribution < 1.29 is 19.5 Å². The number of hydrogen-bond donors (Lipinski definition) is 1. The van der Waals surface area contributed by atoms with Crippen molar-refractivity contribution in [3.63, 3.8) is 0 Å². The van der Waals surface area contributed by atoms with Crippen molar-refractivity contribution in [3.8, 4) is 11.5 Å². The Labute approximate surface area is 129 Å². The number of aromatic hydroxyl groups is 1. The number of morpholine rings is 1. The third-order valence-corrected chi connectivity index (χ3v) is 3.65. The first kappa shape index (κ1) is 16.5. The van der Waals surface area contributed by atoms with E-state index in [0.29, 0.717) is 13.0 Å². The van der Waals surface area contributed by atoms with Crippen LogP contribution in [0.15, 0.2) is 12.1 Å². The number of nitro groups is 1. The minimum Gasteiger partial charge on any atom is -0.500 e. The molecule has 0 spiro atoms. The molecule has 0 radical (unpaired) electrons. The van der Waals surface area contributed by atoms with Crippen molar-refractivity contribution in [1.82, 2.24) is 4.90 Å². The normalized spacial score (nSPS) is 15.7. The number of hydrogen-bond acceptors (Lipinski definition) is 6. The maximum absolute atomic E-state index is 11.0. The van der Waals surface area contributed by atoms with Gasteiger partial charge in [-0.15, -0.1) is 0 Å². The fourth-order valence-corrected chi connectivity index (χ4v) is 2.53. The average Bonchev–Trinajstić information content (AvgIpc) is 2.51. The summed E-state index contributed by atoms with van der Waals surface area (Å²) in [5.41, 5.74) is 0.508. The van der Waals surface area contributed by atoms with E-state index in [4.69, 9.17) is 9.47 Å². The molecule has 0 bridgehead atoms. The Kier molecular flexibility index (Phi) is 5.97. The van der Waals surface area contributed by atoms with Crippen LogP contribution in [0.5, 0.6) is 11.5 Å². The zero-order valence-electron chi connectivity index (χ0n) is 12.8. The first-order valence-electron chi connectivity index (χ1n) is 7.55. The molecule has 0 unspecified atom stereocenters. The molecule has 0 amide bonds. The molecule has 0 aliphatic carbocycles. The maximum Gasteiger partial charge on any atom is 0.314 e. The molecule has 1 aromatic rings. The van der Waals surface area contributed by atoms with Gasteiger partial charge in [0.1, 0.15) is 0 Å². The molecule has 1 saturated heterocycles. The zero-order chi connectivity index (χ0) is 15.9. The molecule has 0 aromatic heterocycles. The van der Waals surface area contributed by atoms with Gasteiger partial charge in [-0.2, -0.15) is 0 Å². The predicted molar refractivity (Wildman–Crippen MR) is 81.5 cm³/mol. The smallest absolute Gasteiger partial charge is 0.314 e. The van der Waals surface area contributed by atoms with Crippen LogP contribution in [0.4, 0.5) is 5.69 Å². The van der Waals surface area contributed by atoms with Crippen molar-refractivity contribution in [2.24, 2.45) is 0 Å². The number of benzene rings is 1. The summed E-state index contributed by atoms with van der Waals surface area (Å²) in [5, 5.41) is 20.9. The maximum atomic E-state index is 11.0. The van der Waals surface area contributed by atoms with E-state index >= 15 is 0 Å². The first-order valence-corrected chi connectivity index (χ1v) is 7.55. The lowest BCUT2D eigenvalue weighted by atomic mass is 10.1. The minimum atomic E-state index is -0.580. The lowest BCUT2D eigenvalue weighted by Gasteiger charge is -2.26. The van der Waals surface area contributed by atoms with Gasteiger partial charge in [-0.3, -0.25) is 15.0 Å². The molecule has 1 N–H and O–H groups in total. The summed E-state index contributed by atoms with van der Waals surface area (Å²) in [5.74, 6) is -0.221. The summed E-state index contributed by atoms with van der Waals surface area (Å²) < 4.78 is 10.6. The highest BCUT2D eigenvalue weighted by Gasteiger charge is 2.20. The SMILES string of the molecule is CCOc1cc(CCCN2CCOCC2)cc([N+](=O)[O-])c1O. The second-order valence-corrected chi connectivity index (χ2v) is 5.21. The second-order valence-electron chi connectivity index (χ2n) is 5.21. The van der Waals surface area contributed by atoms with Gasteiger partial charge >= 0.3 is 5.69 Å².